The van der Waals surface area contributed by atoms with Crippen LogP contribution < -0.4 is 5.32 Å². The molecule has 2 aromatic rings. The third-order valence-electron chi connectivity index (χ3n) is 3.71. The average Bonchev–Trinajstić information content (AvgIpc) is 3.21. The van der Waals surface area contributed by atoms with Crippen LogP contribution in [0.15, 0.2) is 27.3 Å². The first-order valence-electron chi connectivity index (χ1n) is 7.48. The van der Waals surface area contributed by atoms with Crippen LogP contribution in [-0.2, 0) is 22.5 Å². The molecule has 1 fully saturated rings. The SMILES string of the molecule is CCc1nnc(CNC(=O)[C@@H]2CCO[C@H]2c2cncc(Br)c2)o1. The van der Waals surface area contributed by atoms with E-state index < -0.39 is 0 Å². The van der Waals surface area contributed by atoms with Crippen LogP contribution in [0, 0.1) is 5.92 Å². The fraction of sp³-hybridized carbons (Fsp3) is 0.467. The van der Waals surface area contributed by atoms with Crippen LogP contribution in [0.2, 0.25) is 0 Å². The molecule has 8 heteroatoms. The Kier molecular flexibility index (Phi) is 5.02. The highest BCUT2D eigenvalue weighted by molar-refractivity contribution is 9.10. The van der Waals surface area contributed by atoms with Crippen LogP contribution in [0.25, 0.3) is 0 Å². The van der Waals surface area contributed by atoms with Gasteiger partial charge in [0.15, 0.2) is 0 Å². The second kappa shape index (κ2) is 7.18. The van der Waals surface area contributed by atoms with E-state index in [-0.39, 0.29) is 24.5 Å². The summed E-state index contributed by atoms with van der Waals surface area (Å²) in [4.78, 5) is 16.6. The van der Waals surface area contributed by atoms with Gasteiger partial charge in [-0.1, -0.05) is 6.92 Å². The Morgan fingerprint density at radius 2 is 2.22 bits per heavy atom. The monoisotopic (exact) mass is 380 g/mol. The topological polar surface area (TPSA) is 90.1 Å². The molecule has 1 aliphatic rings. The minimum Gasteiger partial charge on any atom is -0.423 e. The molecule has 7 nitrogen and oxygen atoms in total. The number of halogens is 1. The minimum absolute atomic E-state index is 0.0799. The molecule has 0 spiro atoms. The summed E-state index contributed by atoms with van der Waals surface area (Å²) in [5, 5.41) is 10.6. The lowest BCUT2D eigenvalue weighted by atomic mass is 9.95. The summed E-state index contributed by atoms with van der Waals surface area (Å²) in [7, 11) is 0. The maximum atomic E-state index is 12.5. The number of carbonyl (C=O) groups is 1. The lowest BCUT2D eigenvalue weighted by molar-refractivity contribution is -0.127. The molecule has 3 heterocycles. The van der Waals surface area contributed by atoms with Gasteiger partial charge in [0.05, 0.1) is 18.6 Å². The highest BCUT2D eigenvalue weighted by Crippen LogP contribution is 2.35. The maximum Gasteiger partial charge on any atom is 0.235 e. The number of ether oxygens (including phenoxy) is 1. The molecule has 0 bridgehead atoms. The van der Waals surface area contributed by atoms with Crippen molar-refractivity contribution in [1.29, 1.82) is 0 Å². The van der Waals surface area contributed by atoms with Gasteiger partial charge in [0.25, 0.3) is 0 Å². The van der Waals surface area contributed by atoms with E-state index in [0.29, 0.717) is 31.2 Å². The van der Waals surface area contributed by atoms with Gasteiger partial charge in [-0.3, -0.25) is 9.78 Å². The molecule has 2 aromatic heterocycles. The third-order valence-corrected chi connectivity index (χ3v) is 4.14. The smallest absolute Gasteiger partial charge is 0.235 e. The van der Waals surface area contributed by atoms with E-state index in [1.54, 1.807) is 12.4 Å². The van der Waals surface area contributed by atoms with Crippen molar-refractivity contribution in [3.63, 3.8) is 0 Å². The molecule has 0 aromatic carbocycles. The van der Waals surface area contributed by atoms with Gasteiger partial charge < -0.3 is 14.5 Å². The molecular weight excluding hydrogens is 364 g/mol. The van der Waals surface area contributed by atoms with Crippen molar-refractivity contribution in [3.8, 4) is 0 Å². The molecule has 1 aliphatic heterocycles. The second-order valence-electron chi connectivity index (χ2n) is 5.28. The number of carbonyl (C=O) groups excluding carboxylic acids is 1. The number of amides is 1. The van der Waals surface area contributed by atoms with E-state index in [4.69, 9.17) is 9.15 Å². The van der Waals surface area contributed by atoms with Gasteiger partial charge in [-0.25, -0.2) is 0 Å². The molecule has 3 rings (SSSR count). The first-order valence-corrected chi connectivity index (χ1v) is 8.27. The highest BCUT2D eigenvalue weighted by atomic mass is 79.9. The van der Waals surface area contributed by atoms with Gasteiger partial charge in [0, 0.05) is 35.5 Å². The zero-order valence-electron chi connectivity index (χ0n) is 12.7. The number of hydrogen-bond donors (Lipinski definition) is 1. The van der Waals surface area contributed by atoms with Gasteiger partial charge >= 0.3 is 0 Å². The molecule has 0 saturated carbocycles. The summed E-state index contributed by atoms with van der Waals surface area (Å²) >= 11 is 3.39. The zero-order valence-corrected chi connectivity index (χ0v) is 14.2. The van der Waals surface area contributed by atoms with Gasteiger partial charge in [-0.15, -0.1) is 10.2 Å². The summed E-state index contributed by atoms with van der Waals surface area (Å²) in [6.07, 6.45) is 4.50. The molecule has 1 saturated heterocycles. The number of pyridine rings is 1. The van der Waals surface area contributed by atoms with E-state index in [9.17, 15) is 4.79 Å². The van der Waals surface area contributed by atoms with Crippen molar-refractivity contribution in [2.45, 2.75) is 32.4 Å². The molecule has 23 heavy (non-hydrogen) atoms. The molecule has 0 aliphatic carbocycles. The predicted molar refractivity (Wildman–Crippen MR) is 84.3 cm³/mol. The van der Waals surface area contributed by atoms with Gasteiger partial charge in [-0.2, -0.15) is 0 Å². The van der Waals surface area contributed by atoms with E-state index in [0.717, 1.165) is 10.0 Å². The first kappa shape index (κ1) is 16.1. The molecule has 1 amide bonds. The number of nitrogens with one attached hydrogen (secondary N) is 1. The number of aryl methyl sites for hydroxylation is 1. The summed E-state index contributed by atoms with van der Waals surface area (Å²) in [6.45, 7) is 2.71. The zero-order chi connectivity index (χ0) is 16.2. The Hall–Kier alpha value is -1.80. The largest absolute Gasteiger partial charge is 0.423 e. The molecular formula is C15H17BrN4O3. The fourth-order valence-electron chi connectivity index (χ4n) is 2.57. The molecule has 0 radical (unpaired) electrons. The second-order valence-corrected chi connectivity index (χ2v) is 6.20. The molecule has 0 unspecified atom stereocenters. The fourth-order valence-corrected chi connectivity index (χ4v) is 2.95. The highest BCUT2D eigenvalue weighted by Gasteiger charge is 2.35. The summed E-state index contributed by atoms with van der Waals surface area (Å²) in [6, 6.07) is 1.93. The lowest BCUT2D eigenvalue weighted by Gasteiger charge is -2.18. The van der Waals surface area contributed by atoms with Crippen molar-refractivity contribution in [1.82, 2.24) is 20.5 Å². The first-order chi connectivity index (χ1) is 11.2. The van der Waals surface area contributed by atoms with E-state index in [1.165, 1.54) is 0 Å². The number of aromatic nitrogens is 3. The summed E-state index contributed by atoms with van der Waals surface area (Å²) in [5.74, 6) is 0.648. The maximum absolute atomic E-state index is 12.5. The van der Waals surface area contributed by atoms with Crippen LogP contribution >= 0.6 is 15.9 Å². The third kappa shape index (κ3) is 3.76. The Morgan fingerprint density at radius 1 is 1.39 bits per heavy atom. The summed E-state index contributed by atoms with van der Waals surface area (Å²) < 4.78 is 12.0. The van der Waals surface area contributed by atoms with E-state index in [2.05, 4.69) is 36.4 Å². The van der Waals surface area contributed by atoms with Crippen LogP contribution in [0.3, 0.4) is 0 Å². The van der Waals surface area contributed by atoms with Crippen molar-refractivity contribution >= 4 is 21.8 Å². The van der Waals surface area contributed by atoms with E-state index in [1.807, 2.05) is 13.0 Å². The Labute approximate surface area is 142 Å². The van der Waals surface area contributed by atoms with Crippen LogP contribution in [0.1, 0.15) is 36.8 Å². The van der Waals surface area contributed by atoms with Gasteiger partial charge in [0.2, 0.25) is 17.7 Å². The number of hydrogen-bond acceptors (Lipinski definition) is 6. The van der Waals surface area contributed by atoms with E-state index >= 15 is 0 Å². The van der Waals surface area contributed by atoms with Gasteiger partial charge in [-0.05, 0) is 28.4 Å². The normalized spacial score (nSPS) is 20.6. The standard InChI is InChI=1S/C15H17BrN4O3/c1-2-12-19-20-13(23-12)8-18-15(21)11-3-4-22-14(11)9-5-10(16)7-17-6-9/h5-7,11,14H,2-4,8H2,1H3,(H,18,21)/t11-,14+/m1/s1. The van der Waals surface area contributed by atoms with Gasteiger partial charge in [0.1, 0.15) is 0 Å². The van der Waals surface area contributed by atoms with Crippen LogP contribution in [0.4, 0.5) is 0 Å². The minimum atomic E-state index is -0.283. The Bertz CT molecular complexity index is 691. The molecule has 122 valence electrons. The Morgan fingerprint density at radius 3 is 2.96 bits per heavy atom. The predicted octanol–water partition coefficient (Wildman–Crippen LogP) is 2.18. The van der Waals surface area contributed by atoms with Crippen molar-refractivity contribution < 1.29 is 13.9 Å². The van der Waals surface area contributed by atoms with Crippen molar-refractivity contribution in [3.05, 3.63) is 40.3 Å². The lowest BCUT2D eigenvalue weighted by Crippen LogP contribution is -2.32. The van der Waals surface area contributed by atoms with Crippen LogP contribution in [0.5, 0.6) is 0 Å². The molecule has 1 N–H and O–H groups in total. The summed E-state index contributed by atoms with van der Waals surface area (Å²) in [5.41, 5.74) is 0.892. The average molecular weight is 381 g/mol. The van der Waals surface area contributed by atoms with Crippen molar-refractivity contribution in [2.24, 2.45) is 5.92 Å². The quantitative estimate of drug-likeness (QED) is 0.854. The van der Waals surface area contributed by atoms with Crippen molar-refractivity contribution in [2.75, 3.05) is 6.61 Å². The number of nitrogens with zero attached hydrogens (tertiary/aromatic N) is 3. The Balaban J connectivity index is 1.63. The number of rotatable bonds is 5. The van der Waals surface area contributed by atoms with Crippen LogP contribution in [-0.4, -0.2) is 27.7 Å². The molecule has 2 atom stereocenters.